The number of amides is 1. The Morgan fingerprint density at radius 1 is 1.09 bits per heavy atom. The van der Waals surface area contributed by atoms with E-state index in [9.17, 15) is 9.90 Å². The number of para-hydroxylation sites is 1. The van der Waals surface area contributed by atoms with Crippen molar-refractivity contribution in [2.24, 2.45) is 0 Å². The number of hydrogen-bond acceptors (Lipinski definition) is 5. The number of nitrogens with zero attached hydrogens (tertiary/aromatic N) is 1. The molecule has 1 heterocycles. The molecule has 0 atom stereocenters. The van der Waals surface area contributed by atoms with Crippen LogP contribution in [0.1, 0.15) is 42.5 Å². The molecule has 0 spiro atoms. The largest absolute Gasteiger partial charge is 0.504 e. The van der Waals surface area contributed by atoms with Crippen molar-refractivity contribution in [3.63, 3.8) is 0 Å². The maximum atomic E-state index is 12.3. The van der Waals surface area contributed by atoms with Crippen LogP contribution in [0.5, 0.6) is 11.5 Å². The zero-order chi connectivity index (χ0) is 22.3. The van der Waals surface area contributed by atoms with Crippen LogP contribution in [0, 0.1) is 0 Å². The summed E-state index contributed by atoms with van der Waals surface area (Å²) in [6, 6.07) is 13.3. The molecule has 6 nitrogen and oxygen atoms in total. The number of aryl methyl sites for hydroxylation is 1. The van der Waals surface area contributed by atoms with Gasteiger partial charge in [-0.3, -0.25) is 9.78 Å². The number of methoxy groups -OCH3 is 1. The van der Waals surface area contributed by atoms with Crippen molar-refractivity contribution in [1.29, 1.82) is 0 Å². The number of carbonyl (C=O) groups excluding carboxylic acids is 1. The zero-order valence-corrected chi connectivity index (χ0v) is 18.6. The average Bonchev–Trinajstić information content (AvgIpc) is 3.05. The standard InChI is InChI=1S/C26H31N3O3/c1-32-24-16-18(12-13-23(24)30)17-25(31)27-14-7-15-28-26-19-8-3-2-4-10-21(19)29-22-11-6-5-9-20(22)26/h5-6,9,11-13,16,30H,2-4,7-8,10,14-15,17H2,1H3,(H,27,31)(H,28,29). The first kappa shape index (κ1) is 21.9. The summed E-state index contributed by atoms with van der Waals surface area (Å²) in [7, 11) is 1.50. The van der Waals surface area contributed by atoms with Crippen LogP contribution in [0.25, 0.3) is 10.9 Å². The van der Waals surface area contributed by atoms with E-state index in [-0.39, 0.29) is 18.1 Å². The lowest BCUT2D eigenvalue weighted by Gasteiger charge is -2.17. The molecule has 3 aromatic rings. The topological polar surface area (TPSA) is 83.5 Å². The molecule has 0 aliphatic heterocycles. The normalized spacial score (nSPS) is 13.3. The van der Waals surface area contributed by atoms with E-state index in [0.717, 1.165) is 36.9 Å². The summed E-state index contributed by atoms with van der Waals surface area (Å²) in [5, 5.41) is 17.5. The first-order valence-corrected chi connectivity index (χ1v) is 11.4. The molecule has 3 N–H and O–H groups in total. The van der Waals surface area contributed by atoms with Gasteiger partial charge in [-0.2, -0.15) is 0 Å². The van der Waals surface area contributed by atoms with Crippen LogP contribution < -0.4 is 15.4 Å². The number of nitrogens with one attached hydrogen (secondary N) is 2. The summed E-state index contributed by atoms with van der Waals surface area (Å²) < 4.78 is 5.11. The van der Waals surface area contributed by atoms with Gasteiger partial charge in [0.1, 0.15) is 0 Å². The van der Waals surface area contributed by atoms with Gasteiger partial charge in [0, 0.05) is 29.9 Å². The molecular formula is C26H31N3O3. The van der Waals surface area contributed by atoms with Crippen molar-refractivity contribution in [1.82, 2.24) is 10.3 Å². The fourth-order valence-electron chi connectivity index (χ4n) is 4.36. The number of pyridine rings is 1. The van der Waals surface area contributed by atoms with E-state index in [1.54, 1.807) is 18.2 Å². The molecule has 1 aromatic heterocycles. The quantitative estimate of drug-likeness (QED) is 0.363. The lowest BCUT2D eigenvalue weighted by atomic mass is 10.0. The minimum atomic E-state index is -0.0408. The van der Waals surface area contributed by atoms with Crippen LogP contribution in [-0.4, -0.2) is 36.2 Å². The molecule has 4 rings (SSSR count). The number of aromatic nitrogens is 1. The highest BCUT2D eigenvalue weighted by Gasteiger charge is 2.17. The van der Waals surface area contributed by atoms with Crippen LogP contribution in [0.3, 0.4) is 0 Å². The van der Waals surface area contributed by atoms with Gasteiger partial charge in [-0.1, -0.05) is 30.7 Å². The second-order valence-electron chi connectivity index (χ2n) is 8.30. The van der Waals surface area contributed by atoms with Gasteiger partial charge in [0.15, 0.2) is 11.5 Å². The number of carbonyl (C=O) groups is 1. The fraction of sp³-hybridized carbons (Fsp3) is 0.385. The first-order chi connectivity index (χ1) is 15.7. The molecule has 0 saturated carbocycles. The molecule has 0 bridgehead atoms. The monoisotopic (exact) mass is 433 g/mol. The van der Waals surface area contributed by atoms with Gasteiger partial charge in [0.25, 0.3) is 0 Å². The van der Waals surface area contributed by atoms with Crippen molar-refractivity contribution >= 4 is 22.5 Å². The number of benzene rings is 2. The molecule has 6 heteroatoms. The second kappa shape index (κ2) is 10.4. The molecule has 0 fully saturated rings. The number of ether oxygens (including phenoxy) is 1. The van der Waals surface area contributed by atoms with Gasteiger partial charge >= 0.3 is 0 Å². The van der Waals surface area contributed by atoms with Crippen LogP contribution in [0.2, 0.25) is 0 Å². The van der Waals surface area contributed by atoms with E-state index in [1.807, 2.05) is 6.07 Å². The first-order valence-electron chi connectivity index (χ1n) is 11.4. The summed E-state index contributed by atoms with van der Waals surface area (Å²) in [5.74, 6) is 0.411. The number of fused-ring (bicyclic) bond motifs is 2. The van der Waals surface area contributed by atoms with Crippen molar-refractivity contribution in [2.45, 2.75) is 44.9 Å². The Kier molecular flexibility index (Phi) is 7.10. The number of rotatable bonds is 8. The molecule has 2 aromatic carbocycles. The molecular weight excluding hydrogens is 402 g/mol. The van der Waals surface area contributed by atoms with Crippen molar-refractivity contribution < 1.29 is 14.6 Å². The Hall–Kier alpha value is -3.28. The lowest BCUT2D eigenvalue weighted by Crippen LogP contribution is -2.27. The molecule has 32 heavy (non-hydrogen) atoms. The van der Waals surface area contributed by atoms with Gasteiger partial charge in [-0.15, -0.1) is 0 Å². The zero-order valence-electron chi connectivity index (χ0n) is 18.6. The van der Waals surface area contributed by atoms with E-state index in [0.29, 0.717) is 12.3 Å². The Labute approximate surface area is 189 Å². The van der Waals surface area contributed by atoms with E-state index in [2.05, 4.69) is 28.8 Å². The highest BCUT2D eigenvalue weighted by atomic mass is 16.5. The molecule has 0 unspecified atom stereocenters. The van der Waals surface area contributed by atoms with Crippen molar-refractivity contribution in [3.05, 3.63) is 59.3 Å². The van der Waals surface area contributed by atoms with Crippen LogP contribution in [0.15, 0.2) is 42.5 Å². The average molecular weight is 434 g/mol. The Morgan fingerprint density at radius 2 is 1.94 bits per heavy atom. The highest BCUT2D eigenvalue weighted by molar-refractivity contribution is 5.93. The molecule has 1 amide bonds. The van der Waals surface area contributed by atoms with Gasteiger partial charge in [-0.25, -0.2) is 0 Å². The Morgan fingerprint density at radius 3 is 2.81 bits per heavy atom. The number of phenols is 1. The lowest BCUT2D eigenvalue weighted by molar-refractivity contribution is -0.120. The van der Waals surface area contributed by atoms with E-state index in [1.165, 1.54) is 48.7 Å². The molecule has 1 aliphatic carbocycles. The summed E-state index contributed by atoms with van der Waals surface area (Å²) in [6.45, 7) is 1.39. The minimum Gasteiger partial charge on any atom is -0.504 e. The third-order valence-corrected chi connectivity index (χ3v) is 6.01. The third kappa shape index (κ3) is 5.13. The number of hydrogen-bond donors (Lipinski definition) is 3. The van der Waals surface area contributed by atoms with Gasteiger partial charge in [-0.05, 0) is 61.4 Å². The van der Waals surface area contributed by atoms with Gasteiger partial charge in [0.05, 0.1) is 19.0 Å². The van der Waals surface area contributed by atoms with Gasteiger partial charge < -0.3 is 20.5 Å². The molecule has 0 saturated heterocycles. The molecule has 168 valence electrons. The van der Waals surface area contributed by atoms with Crippen LogP contribution >= 0.6 is 0 Å². The summed E-state index contributed by atoms with van der Waals surface area (Å²) in [5.41, 5.74) is 5.68. The maximum absolute atomic E-state index is 12.3. The van der Waals surface area contributed by atoms with Crippen LogP contribution in [-0.2, 0) is 24.1 Å². The number of anilines is 1. The molecule has 0 radical (unpaired) electrons. The van der Waals surface area contributed by atoms with E-state index in [4.69, 9.17) is 9.72 Å². The predicted octanol–water partition coefficient (Wildman–Crippen LogP) is 4.38. The Bertz CT molecular complexity index is 1100. The smallest absolute Gasteiger partial charge is 0.224 e. The van der Waals surface area contributed by atoms with Crippen molar-refractivity contribution in [3.8, 4) is 11.5 Å². The SMILES string of the molecule is COc1cc(CC(=O)NCCCNc2c3c(nc4ccccc24)CCCCC3)ccc1O. The highest BCUT2D eigenvalue weighted by Crippen LogP contribution is 2.32. The number of phenolic OH excluding ortho intramolecular Hbond substituents is 1. The number of aromatic hydroxyl groups is 1. The fourth-order valence-corrected chi connectivity index (χ4v) is 4.36. The molecule has 1 aliphatic rings. The summed E-state index contributed by atoms with van der Waals surface area (Å²) in [4.78, 5) is 17.2. The predicted molar refractivity (Wildman–Crippen MR) is 127 cm³/mol. The van der Waals surface area contributed by atoms with Crippen LogP contribution in [0.4, 0.5) is 5.69 Å². The third-order valence-electron chi connectivity index (χ3n) is 6.01. The van der Waals surface area contributed by atoms with Crippen molar-refractivity contribution in [2.75, 3.05) is 25.5 Å². The van der Waals surface area contributed by atoms with Gasteiger partial charge in [0.2, 0.25) is 5.91 Å². The van der Waals surface area contributed by atoms with E-state index >= 15 is 0 Å². The van der Waals surface area contributed by atoms with E-state index < -0.39 is 0 Å². The summed E-state index contributed by atoms with van der Waals surface area (Å²) >= 11 is 0. The maximum Gasteiger partial charge on any atom is 0.224 e. The summed E-state index contributed by atoms with van der Waals surface area (Å²) in [6.07, 6.45) is 6.87. The second-order valence-corrected chi connectivity index (χ2v) is 8.30. The minimum absolute atomic E-state index is 0.0408. The Balaban J connectivity index is 1.33.